The van der Waals surface area contributed by atoms with Crippen molar-refractivity contribution in [1.82, 2.24) is 0 Å². The van der Waals surface area contributed by atoms with Gasteiger partial charge in [0.05, 0.1) is 22.6 Å². The molecule has 134 valence electrons. The van der Waals surface area contributed by atoms with Crippen molar-refractivity contribution >= 4 is 67.4 Å². The molecule has 0 aliphatic carbocycles. The summed E-state index contributed by atoms with van der Waals surface area (Å²) in [6.45, 7) is 10.1. The van der Waals surface area contributed by atoms with E-state index in [1.54, 1.807) is 8.07 Å². The summed E-state index contributed by atoms with van der Waals surface area (Å²) in [4.78, 5) is 0. The quantitative estimate of drug-likeness (QED) is 0.208. The van der Waals surface area contributed by atoms with Crippen LogP contribution < -0.4 is 10.6 Å². The first kappa shape index (κ1) is 21.3. The van der Waals surface area contributed by atoms with Gasteiger partial charge in [-0.15, -0.1) is 0 Å². The third-order valence-corrected chi connectivity index (χ3v) is 13.5. The van der Waals surface area contributed by atoms with Gasteiger partial charge in [0.1, 0.15) is 10.6 Å². The van der Waals surface area contributed by atoms with Crippen LogP contribution in [0.5, 0.6) is 0 Å². The van der Waals surface area contributed by atoms with Gasteiger partial charge in [0.25, 0.3) is 0 Å². The average molecular weight is 621 g/mol. The molecule has 5 heteroatoms. The fraction of sp³-hybridized carbons (Fsp3) is 0.667. The van der Waals surface area contributed by atoms with E-state index in [2.05, 4.69) is 92.9 Å². The zero-order valence-corrected chi connectivity index (χ0v) is 21.8. The van der Waals surface area contributed by atoms with Crippen molar-refractivity contribution in [2.24, 2.45) is 0 Å². The van der Waals surface area contributed by atoms with Crippen LogP contribution in [0.1, 0.15) is 53.4 Å². The molecular formula is C18H30I2NiP2+2. The van der Waals surface area contributed by atoms with Gasteiger partial charge in [-0.3, -0.25) is 0 Å². The van der Waals surface area contributed by atoms with E-state index in [0.29, 0.717) is 0 Å². The van der Waals surface area contributed by atoms with Crippen LogP contribution in [0.25, 0.3) is 0 Å². The van der Waals surface area contributed by atoms with Gasteiger partial charge in [-0.25, -0.2) is 0 Å². The van der Waals surface area contributed by atoms with Crippen LogP contribution in [0.4, 0.5) is 0 Å². The molecule has 3 rings (SSSR count). The fourth-order valence-corrected chi connectivity index (χ4v) is 12.9. The Hall–Kier alpha value is 2.03. The van der Waals surface area contributed by atoms with Gasteiger partial charge in [0.15, 0.2) is 0 Å². The molecule has 0 bridgehead atoms. The van der Waals surface area contributed by atoms with E-state index in [4.69, 9.17) is 0 Å². The van der Waals surface area contributed by atoms with Crippen molar-refractivity contribution in [3.05, 3.63) is 24.3 Å². The first-order chi connectivity index (χ1) is 11.0. The van der Waals surface area contributed by atoms with E-state index >= 15 is 0 Å². The molecule has 0 amide bonds. The van der Waals surface area contributed by atoms with Crippen LogP contribution in [0.2, 0.25) is 0 Å². The zero-order valence-electron chi connectivity index (χ0n) is 14.5. The molecule has 4 atom stereocenters. The minimum absolute atomic E-state index is 0.332. The molecule has 0 aromatic heterocycles. The SMILES string of the molecule is C[C@H]1CC[C@H](C)[PH+]1c1ccccc1[PH+]1[C@@H](C)CC[C@@H]1C.[I][Ni][I]. The van der Waals surface area contributed by atoms with E-state index in [9.17, 15) is 0 Å². The van der Waals surface area contributed by atoms with Gasteiger partial charge in [-0.05, 0) is 65.5 Å². The first-order valence-corrected chi connectivity index (χ1v) is 18.3. The molecule has 0 spiro atoms. The van der Waals surface area contributed by atoms with Gasteiger partial charge in [0.2, 0.25) is 0 Å². The Morgan fingerprint density at radius 2 is 1.00 bits per heavy atom. The Morgan fingerprint density at radius 3 is 1.26 bits per heavy atom. The first-order valence-electron chi connectivity index (χ1n) is 8.66. The Balaban J connectivity index is 0.000000595. The maximum absolute atomic E-state index is 2.52. The van der Waals surface area contributed by atoms with Crippen LogP contribution in [0, 0.1) is 0 Å². The molecule has 0 radical (unpaired) electrons. The van der Waals surface area contributed by atoms with Crippen LogP contribution in [-0.4, -0.2) is 22.6 Å². The fourth-order valence-electron chi connectivity index (χ4n) is 4.64. The minimum atomic E-state index is -0.332. The Kier molecular flexibility index (Phi) is 9.64. The van der Waals surface area contributed by atoms with E-state index in [1.807, 2.05) is 10.6 Å². The third-order valence-electron chi connectivity index (χ3n) is 5.74. The number of hydrogen-bond donors (Lipinski definition) is 0. The third kappa shape index (κ3) is 5.27. The Morgan fingerprint density at radius 1 is 0.739 bits per heavy atom. The van der Waals surface area contributed by atoms with Gasteiger partial charge >= 0.3 is 49.0 Å². The zero-order chi connectivity index (χ0) is 17.0. The molecule has 1 aromatic carbocycles. The molecule has 2 saturated heterocycles. The average Bonchev–Trinajstić information content (AvgIpc) is 3.02. The molecule has 0 nitrogen and oxygen atoms in total. The molecule has 2 aliphatic heterocycles. The summed E-state index contributed by atoms with van der Waals surface area (Å²) in [7, 11) is 0.901. The molecular weight excluding hydrogens is 591 g/mol. The molecule has 2 aliphatic rings. The summed E-state index contributed by atoms with van der Waals surface area (Å²) in [5.74, 6) is 0. The van der Waals surface area contributed by atoms with Crippen molar-refractivity contribution in [3.63, 3.8) is 0 Å². The van der Waals surface area contributed by atoms with Gasteiger partial charge in [-0.1, -0.05) is 12.1 Å². The Labute approximate surface area is 174 Å². The molecule has 0 unspecified atom stereocenters. The van der Waals surface area contributed by atoms with E-state index < -0.39 is 0 Å². The predicted octanol–water partition coefficient (Wildman–Crippen LogP) is 6.28. The summed E-state index contributed by atoms with van der Waals surface area (Å²) in [5.41, 5.74) is 3.91. The van der Waals surface area contributed by atoms with E-state index in [-0.39, 0.29) is 15.8 Å². The summed E-state index contributed by atoms with van der Waals surface area (Å²) < 4.78 is 0. The second-order valence-electron chi connectivity index (χ2n) is 7.26. The predicted molar refractivity (Wildman–Crippen MR) is 127 cm³/mol. The number of rotatable bonds is 2. The molecule has 23 heavy (non-hydrogen) atoms. The summed E-state index contributed by atoms with van der Waals surface area (Å²) in [5, 5.41) is 3.67. The summed E-state index contributed by atoms with van der Waals surface area (Å²) >= 11 is 4.43. The summed E-state index contributed by atoms with van der Waals surface area (Å²) in [6, 6.07) is 9.64. The van der Waals surface area contributed by atoms with Crippen LogP contribution in [0.15, 0.2) is 24.3 Å². The van der Waals surface area contributed by atoms with Crippen LogP contribution in [-0.2, 0) is 8.07 Å². The molecule has 1 aromatic rings. The van der Waals surface area contributed by atoms with Crippen LogP contribution >= 0.6 is 56.8 Å². The van der Waals surface area contributed by atoms with Crippen molar-refractivity contribution in [1.29, 1.82) is 0 Å². The van der Waals surface area contributed by atoms with Crippen molar-refractivity contribution in [2.45, 2.75) is 76.0 Å². The molecule has 0 N–H and O–H groups in total. The van der Waals surface area contributed by atoms with Crippen molar-refractivity contribution < 1.29 is 8.07 Å². The number of hydrogen-bond acceptors (Lipinski definition) is 0. The normalized spacial score (nSPS) is 32.1. The monoisotopic (exact) mass is 620 g/mol. The molecule has 2 heterocycles. The number of halogens is 2. The topological polar surface area (TPSA) is 0 Å². The second-order valence-corrected chi connectivity index (χ2v) is 22.4. The maximum atomic E-state index is 2.52. The van der Waals surface area contributed by atoms with Gasteiger partial charge in [-0.2, -0.15) is 0 Å². The standard InChI is InChI=1S/C18H28P2.2HI.Ni/c1-13-9-10-14(2)19(13)17-7-5-6-8-18(17)20-15(3)11-12-16(20)4;;;/h5-8,13-16H,9-12H2,1-4H3;2*1H;/q;;;+2/t13-,14-,15-,16-;;;/m0.../s1. The van der Waals surface area contributed by atoms with E-state index in [1.165, 1.54) is 25.7 Å². The van der Waals surface area contributed by atoms with Crippen LogP contribution in [0.3, 0.4) is 0 Å². The van der Waals surface area contributed by atoms with Gasteiger partial charge in [0, 0.05) is 15.8 Å². The molecule has 2 fully saturated rings. The summed E-state index contributed by atoms with van der Waals surface area (Å²) in [6.07, 6.45) is 5.88. The number of benzene rings is 1. The molecule has 0 saturated carbocycles. The van der Waals surface area contributed by atoms with E-state index in [0.717, 1.165) is 22.6 Å². The second kappa shape index (κ2) is 10.4. The Bertz CT molecular complexity index is 437. The van der Waals surface area contributed by atoms with Gasteiger partial charge < -0.3 is 0 Å². The van der Waals surface area contributed by atoms with Crippen molar-refractivity contribution in [3.8, 4) is 0 Å². The van der Waals surface area contributed by atoms with Crippen molar-refractivity contribution in [2.75, 3.05) is 0 Å².